The van der Waals surface area contributed by atoms with E-state index in [0.717, 1.165) is 13.3 Å². The van der Waals surface area contributed by atoms with Crippen molar-refractivity contribution in [2.75, 3.05) is 20.0 Å². The van der Waals surface area contributed by atoms with Crippen molar-refractivity contribution in [3.05, 3.63) is 42.4 Å². The predicted octanol–water partition coefficient (Wildman–Crippen LogP) is 7.48. The molecule has 0 spiro atoms. The van der Waals surface area contributed by atoms with Crippen LogP contribution in [0.25, 0.3) is 10.6 Å². The molecular formula is C21H40Cl2N3OSi2Ti+. The van der Waals surface area contributed by atoms with Gasteiger partial charge in [0.2, 0.25) is 0 Å². The average molecular weight is 526 g/mol. The van der Waals surface area contributed by atoms with Crippen molar-refractivity contribution >= 4 is 35.2 Å². The maximum absolute atomic E-state index is 6.96. The summed E-state index contributed by atoms with van der Waals surface area (Å²) in [6.07, 6.45) is 10.9. The van der Waals surface area contributed by atoms with Crippen LogP contribution in [0.1, 0.15) is 27.2 Å². The summed E-state index contributed by atoms with van der Waals surface area (Å²) in [5.74, 6) is 1.14. The van der Waals surface area contributed by atoms with Crippen LogP contribution in [-0.2, 0) is 21.5 Å². The normalized spacial score (nSPS) is 29.8. The van der Waals surface area contributed by atoms with Gasteiger partial charge in [0.15, 0.2) is 8.32 Å². The summed E-state index contributed by atoms with van der Waals surface area (Å²) in [5, 5.41) is 9.35. The maximum atomic E-state index is 6.96. The van der Waals surface area contributed by atoms with Crippen LogP contribution in [0.5, 0.6) is 0 Å². The van der Waals surface area contributed by atoms with Crippen LogP contribution >= 0.6 is 18.6 Å². The van der Waals surface area contributed by atoms with Gasteiger partial charge in [-0.2, -0.15) is 0 Å². The summed E-state index contributed by atoms with van der Waals surface area (Å²) >= 11 is -0.556. The number of fused-ring (bicyclic) bond motifs is 1. The fraction of sp³-hybridized carbons (Fsp3) is 0.762. The van der Waals surface area contributed by atoms with Gasteiger partial charge in [-0.1, -0.05) is 58.2 Å². The summed E-state index contributed by atoms with van der Waals surface area (Å²) in [7, 11) is 6.37. The molecule has 0 amide bonds. The second kappa shape index (κ2) is 12.0. The average Bonchev–Trinajstić information content (AvgIpc) is 3.01. The van der Waals surface area contributed by atoms with Crippen molar-refractivity contribution in [3.8, 4) is 0 Å². The Morgan fingerprint density at radius 2 is 1.50 bits per heavy atom. The molecule has 170 valence electrons. The number of hydrogen-bond donors (Lipinski definition) is 0. The molecule has 1 saturated carbocycles. The molecule has 0 radical (unpaired) electrons. The molecule has 2 aliphatic carbocycles. The van der Waals surface area contributed by atoms with Crippen molar-refractivity contribution in [3.63, 3.8) is 0 Å². The molecule has 3 aliphatic rings. The van der Waals surface area contributed by atoms with Gasteiger partial charge < -0.3 is 27.1 Å². The third kappa shape index (κ3) is 6.78. The Morgan fingerprint density at radius 3 is 2.00 bits per heavy atom. The molecule has 4 atom stereocenters. The van der Waals surface area contributed by atoms with Gasteiger partial charge in [-0.25, -0.2) is 0 Å². The van der Waals surface area contributed by atoms with E-state index in [0.29, 0.717) is 30.1 Å². The first-order chi connectivity index (χ1) is 13.5. The Balaban J connectivity index is 0.00000106. The van der Waals surface area contributed by atoms with Crippen LogP contribution in [0, 0.1) is 19.3 Å². The molecule has 1 heterocycles. The summed E-state index contributed by atoms with van der Waals surface area (Å²) in [6.45, 7) is 19.3. The van der Waals surface area contributed by atoms with Crippen LogP contribution in [0.3, 0.4) is 0 Å². The van der Waals surface area contributed by atoms with Gasteiger partial charge in [0, 0.05) is 5.92 Å². The van der Waals surface area contributed by atoms with Crippen LogP contribution in [0.15, 0.2) is 24.3 Å². The molecule has 0 aromatic rings. The first-order valence-electron chi connectivity index (χ1n) is 10.5. The molecule has 9 heteroatoms. The third-order valence-electron chi connectivity index (χ3n) is 7.32. The molecule has 0 bridgehead atoms. The molecule has 30 heavy (non-hydrogen) atoms. The van der Waals surface area contributed by atoms with Crippen LogP contribution in [0.2, 0.25) is 36.8 Å². The quantitative estimate of drug-likeness (QED) is 0.282. The Morgan fingerprint density at radius 1 is 1.00 bits per heavy atom. The molecule has 0 N–H and O–H groups in total. The van der Waals surface area contributed by atoms with Gasteiger partial charge >= 0.3 is 35.6 Å². The van der Waals surface area contributed by atoms with E-state index in [9.17, 15) is 0 Å². The number of rotatable bonds is 4. The second-order valence-corrected chi connectivity index (χ2v) is 22.3. The van der Waals surface area contributed by atoms with E-state index in [1.54, 1.807) is 0 Å². The fourth-order valence-electron chi connectivity index (χ4n) is 4.47. The molecule has 2 fully saturated rings. The van der Waals surface area contributed by atoms with Crippen molar-refractivity contribution in [1.29, 1.82) is 0 Å². The molecule has 1 saturated heterocycles. The molecule has 4 nitrogen and oxygen atoms in total. The van der Waals surface area contributed by atoms with Crippen molar-refractivity contribution in [1.82, 2.24) is 4.57 Å². The van der Waals surface area contributed by atoms with E-state index in [1.807, 2.05) is 0 Å². The van der Waals surface area contributed by atoms with Crippen LogP contribution < -0.4 is 0 Å². The summed E-state index contributed by atoms with van der Waals surface area (Å²) in [6, 6.07) is 0. The summed E-state index contributed by atoms with van der Waals surface area (Å²) in [4.78, 5) is 0. The zero-order chi connectivity index (χ0) is 21.9. The third-order valence-corrected chi connectivity index (χ3v) is 16.2. The number of allylic oxidation sites excluding steroid dienone is 3. The second-order valence-electron chi connectivity index (χ2n) is 10.3. The zero-order valence-corrected chi connectivity index (χ0v) is 25.0. The number of halogens is 2. The molecule has 3 rings (SSSR count). The monoisotopic (exact) mass is 524 g/mol. The van der Waals surface area contributed by atoms with Gasteiger partial charge in [0.05, 0.1) is 6.10 Å². The Labute approximate surface area is 204 Å². The first-order valence-corrected chi connectivity index (χ1v) is 20.7. The topological polar surface area (TPSA) is 40.7 Å². The van der Waals surface area contributed by atoms with E-state index in [2.05, 4.69) is 86.5 Å². The minimum absolute atomic E-state index is 0. The van der Waals surface area contributed by atoms with Crippen molar-refractivity contribution in [2.45, 2.75) is 70.1 Å². The van der Waals surface area contributed by atoms with Gasteiger partial charge in [-0.15, -0.1) is 13.3 Å². The Hall–Kier alpha value is 1.05. The van der Waals surface area contributed by atoms with E-state index < -0.39 is 33.6 Å². The minimum atomic E-state index is -1.77. The van der Waals surface area contributed by atoms with Gasteiger partial charge in [0.25, 0.3) is 0 Å². The van der Waals surface area contributed by atoms with Crippen molar-refractivity contribution in [2.24, 2.45) is 11.8 Å². The molecular weight excluding hydrogens is 485 g/mol. The van der Waals surface area contributed by atoms with E-state index in [-0.39, 0.29) is 12.5 Å². The standard InChI is InChI=1S/C20H37N3OSi2.CH3.2ClH.Ti/c1-20(2,3)26(6,7)24-18-12-19(17-11-9-8-10-16(17)18)25(4,5)23-14-21-13-22-15-23;;;;/h8-11,16-19H,12-15H2,1-7H3;1H3;2*1H;/q-2;-1;;;+6/p-2/t16?,17?,18-,19?;;;;/m0..../s1. The molecule has 0 aromatic heterocycles. The van der Waals surface area contributed by atoms with E-state index in [4.69, 9.17) is 23.0 Å². The fourth-order valence-corrected chi connectivity index (χ4v) is 9.31. The van der Waals surface area contributed by atoms with Crippen LogP contribution in [-0.4, -0.2) is 47.2 Å². The SMILES string of the molecule is CC(C)(C)[Si](C)(C)O[C@H]1CC([Si](C)(C)N2C[N-]C[N-]C2)C2C=CC=CC21.[CH3-].[Cl][Ti+4][Cl]. The predicted molar refractivity (Wildman–Crippen MR) is 134 cm³/mol. The van der Waals surface area contributed by atoms with Gasteiger partial charge in [-0.3, -0.25) is 6.67 Å². The van der Waals surface area contributed by atoms with Crippen LogP contribution in [0.4, 0.5) is 0 Å². The van der Waals surface area contributed by atoms with Gasteiger partial charge in [0.1, 0.15) is 8.24 Å². The number of hydrogen-bond acceptors (Lipinski definition) is 2. The molecule has 1 aliphatic heterocycles. The zero-order valence-electron chi connectivity index (χ0n) is 20.0. The Bertz CT molecular complexity index is 593. The van der Waals surface area contributed by atoms with E-state index in [1.165, 1.54) is 6.42 Å². The summed E-state index contributed by atoms with van der Waals surface area (Å²) in [5.41, 5.74) is 0.701. The number of nitrogens with zero attached hydrogens (tertiary/aromatic N) is 3. The first kappa shape index (κ1) is 29.1. The molecule has 3 unspecified atom stereocenters. The van der Waals surface area contributed by atoms with E-state index >= 15 is 0 Å². The van der Waals surface area contributed by atoms with Gasteiger partial charge in [-0.05, 0) is 36.0 Å². The molecule has 0 aromatic carbocycles. The summed E-state index contributed by atoms with van der Waals surface area (Å²) < 4.78 is 9.54. The Kier molecular flexibility index (Phi) is 11.6. The van der Waals surface area contributed by atoms with Crippen molar-refractivity contribution < 1.29 is 21.5 Å².